The summed E-state index contributed by atoms with van der Waals surface area (Å²) in [6, 6.07) is 9.35. The van der Waals surface area contributed by atoms with Gasteiger partial charge in [0.05, 0.1) is 16.2 Å². The molecule has 0 bridgehead atoms. The Hall–Kier alpha value is -3.63. The monoisotopic (exact) mass is 424 g/mol. The molecule has 0 saturated carbocycles. The number of non-ortho nitro benzene ring substituents is 1. The fraction of sp³-hybridized carbons (Fsp3) is 0.263. The highest BCUT2D eigenvalue weighted by atomic mass is 19.4. The summed E-state index contributed by atoms with van der Waals surface area (Å²) in [4.78, 5) is 26.2. The van der Waals surface area contributed by atoms with Crippen LogP contribution in [0, 0.1) is 10.1 Å². The average Bonchev–Trinajstić information content (AvgIpc) is 2.63. The average molecular weight is 424 g/mol. The Morgan fingerprint density at radius 1 is 1.07 bits per heavy atom. The van der Waals surface area contributed by atoms with E-state index in [0.29, 0.717) is 0 Å². The number of hydrazine groups is 1. The van der Waals surface area contributed by atoms with Crippen molar-refractivity contribution >= 4 is 23.3 Å². The van der Waals surface area contributed by atoms with Crippen molar-refractivity contribution in [3.8, 4) is 0 Å². The Morgan fingerprint density at radius 3 is 2.23 bits per heavy atom. The highest BCUT2D eigenvalue weighted by molar-refractivity contribution is 6.01. The molecule has 2 N–H and O–H groups in total. The molecule has 0 unspecified atom stereocenters. The van der Waals surface area contributed by atoms with Gasteiger partial charge in [-0.3, -0.25) is 15.5 Å². The minimum Gasteiger partial charge on any atom is -0.443 e. The Kier molecular flexibility index (Phi) is 6.65. The molecule has 160 valence electrons. The number of amides is 1. The largest absolute Gasteiger partial charge is 0.443 e. The number of halogens is 3. The SMILES string of the molecule is CC(C)(C)OC(=O)NNC(=Nc1ccc([N+](=O)[O-])cc1)c1cccc(C(F)(F)F)c1. The first-order valence-corrected chi connectivity index (χ1v) is 8.61. The zero-order valence-corrected chi connectivity index (χ0v) is 16.3. The number of aliphatic imine (C=N–C) groups is 1. The molecule has 0 spiro atoms. The molecule has 2 aromatic carbocycles. The van der Waals surface area contributed by atoms with Gasteiger partial charge in [0, 0.05) is 17.7 Å². The Morgan fingerprint density at radius 2 is 1.70 bits per heavy atom. The molecule has 0 aliphatic heterocycles. The first kappa shape index (κ1) is 22.7. The van der Waals surface area contributed by atoms with Crippen LogP contribution in [0.4, 0.5) is 29.3 Å². The third-order valence-electron chi connectivity index (χ3n) is 3.45. The number of nitro benzene ring substituents is 1. The van der Waals surface area contributed by atoms with Crippen LogP contribution in [-0.2, 0) is 10.9 Å². The van der Waals surface area contributed by atoms with E-state index in [-0.39, 0.29) is 22.8 Å². The molecule has 0 heterocycles. The summed E-state index contributed by atoms with van der Waals surface area (Å²) in [6.45, 7) is 4.93. The lowest BCUT2D eigenvalue weighted by Gasteiger charge is -2.20. The van der Waals surface area contributed by atoms with Crippen LogP contribution >= 0.6 is 0 Å². The fourth-order valence-electron chi connectivity index (χ4n) is 2.20. The molecular formula is C19H19F3N4O4. The molecule has 0 aromatic heterocycles. The molecule has 2 aromatic rings. The van der Waals surface area contributed by atoms with Gasteiger partial charge in [-0.15, -0.1) is 0 Å². The molecular weight excluding hydrogens is 405 g/mol. The van der Waals surface area contributed by atoms with Crippen LogP contribution in [0.3, 0.4) is 0 Å². The Balaban J connectivity index is 2.37. The van der Waals surface area contributed by atoms with Crippen molar-refractivity contribution in [2.24, 2.45) is 4.99 Å². The van der Waals surface area contributed by atoms with Crippen LogP contribution in [0.5, 0.6) is 0 Å². The van der Waals surface area contributed by atoms with Gasteiger partial charge in [0.15, 0.2) is 5.84 Å². The molecule has 2 rings (SSSR count). The van der Waals surface area contributed by atoms with E-state index in [2.05, 4.69) is 15.8 Å². The van der Waals surface area contributed by atoms with Gasteiger partial charge in [0.25, 0.3) is 5.69 Å². The number of benzene rings is 2. The highest BCUT2D eigenvalue weighted by Gasteiger charge is 2.30. The zero-order valence-electron chi connectivity index (χ0n) is 16.3. The van der Waals surface area contributed by atoms with Crippen molar-refractivity contribution in [3.05, 3.63) is 69.8 Å². The Labute approximate surface area is 169 Å². The summed E-state index contributed by atoms with van der Waals surface area (Å²) in [5.41, 5.74) is 3.03. The van der Waals surface area contributed by atoms with Crippen molar-refractivity contribution < 1.29 is 27.6 Å². The van der Waals surface area contributed by atoms with Crippen molar-refractivity contribution in [2.45, 2.75) is 32.5 Å². The molecule has 0 aliphatic rings. The van der Waals surface area contributed by atoms with Crippen molar-refractivity contribution in [1.29, 1.82) is 0 Å². The second-order valence-corrected chi connectivity index (χ2v) is 7.06. The fourth-order valence-corrected chi connectivity index (χ4v) is 2.20. The zero-order chi connectivity index (χ0) is 22.5. The molecule has 30 heavy (non-hydrogen) atoms. The molecule has 0 aliphatic carbocycles. The van der Waals surface area contributed by atoms with Gasteiger partial charge in [0.2, 0.25) is 0 Å². The van der Waals surface area contributed by atoms with Gasteiger partial charge in [-0.25, -0.2) is 15.2 Å². The topological polar surface area (TPSA) is 106 Å². The molecule has 0 atom stereocenters. The first-order valence-electron chi connectivity index (χ1n) is 8.61. The predicted octanol–water partition coefficient (Wildman–Crippen LogP) is 4.72. The number of carbonyl (C=O) groups excluding carboxylic acids is 1. The summed E-state index contributed by atoms with van der Waals surface area (Å²) >= 11 is 0. The Bertz CT molecular complexity index is 951. The summed E-state index contributed by atoms with van der Waals surface area (Å²) in [5.74, 6) is -0.124. The molecule has 1 amide bonds. The lowest BCUT2D eigenvalue weighted by molar-refractivity contribution is -0.384. The van der Waals surface area contributed by atoms with E-state index in [9.17, 15) is 28.1 Å². The predicted molar refractivity (Wildman–Crippen MR) is 103 cm³/mol. The number of carbonyl (C=O) groups is 1. The lowest BCUT2D eigenvalue weighted by Crippen LogP contribution is -2.44. The molecule has 0 fully saturated rings. The van der Waals surface area contributed by atoms with Crippen LogP contribution in [0.1, 0.15) is 31.9 Å². The van der Waals surface area contributed by atoms with Gasteiger partial charge in [-0.1, -0.05) is 12.1 Å². The number of hydrogen-bond donors (Lipinski definition) is 2. The number of ether oxygens (including phenoxy) is 1. The van der Waals surface area contributed by atoms with Crippen LogP contribution in [0.2, 0.25) is 0 Å². The van der Waals surface area contributed by atoms with Crippen LogP contribution in [0.25, 0.3) is 0 Å². The number of amidine groups is 1. The lowest BCUT2D eigenvalue weighted by atomic mass is 10.1. The molecule has 11 heteroatoms. The standard InChI is InChI=1S/C19H19F3N4O4/c1-18(2,3)30-17(27)25-24-16(12-5-4-6-13(11-12)19(20,21)22)23-14-7-9-15(10-8-14)26(28)29/h4-11H,1-3H3,(H,23,24)(H,25,27). The van der Waals surface area contributed by atoms with Gasteiger partial charge in [-0.05, 0) is 45.0 Å². The van der Waals surface area contributed by atoms with Gasteiger partial charge >= 0.3 is 12.3 Å². The van der Waals surface area contributed by atoms with Gasteiger partial charge in [0.1, 0.15) is 5.60 Å². The van der Waals surface area contributed by atoms with Crippen LogP contribution < -0.4 is 10.9 Å². The number of alkyl halides is 3. The minimum absolute atomic E-state index is 0.0271. The van der Waals surface area contributed by atoms with E-state index >= 15 is 0 Å². The summed E-state index contributed by atoms with van der Waals surface area (Å²) < 4.78 is 44.3. The molecule has 8 nitrogen and oxygen atoms in total. The van der Waals surface area contributed by atoms with Gasteiger partial charge < -0.3 is 4.74 Å². The number of hydrogen-bond acceptors (Lipinski definition) is 5. The molecule has 0 radical (unpaired) electrons. The van der Waals surface area contributed by atoms with Crippen molar-refractivity contribution in [2.75, 3.05) is 0 Å². The molecule has 0 saturated heterocycles. The van der Waals surface area contributed by atoms with E-state index in [1.807, 2.05) is 0 Å². The third-order valence-corrected chi connectivity index (χ3v) is 3.45. The second kappa shape index (κ2) is 8.80. The summed E-state index contributed by atoms with van der Waals surface area (Å²) in [5, 5.41) is 10.8. The highest BCUT2D eigenvalue weighted by Crippen LogP contribution is 2.30. The third kappa shape index (κ3) is 6.76. The van der Waals surface area contributed by atoms with Crippen LogP contribution in [-0.4, -0.2) is 22.5 Å². The first-order chi connectivity index (χ1) is 13.8. The number of nitrogens with zero attached hydrogens (tertiary/aromatic N) is 2. The normalized spacial score (nSPS) is 12.3. The maximum absolute atomic E-state index is 13.1. The number of rotatable bonds is 3. The number of nitrogens with one attached hydrogen (secondary N) is 2. The van der Waals surface area contributed by atoms with Crippen molar-refractivity contribution in [1.82, 2.24) is 10.9 Å². The van der Waals surface area contributed by atoms with E-state index in [0.717, 1.165) is 12.1 Å². The van der Waals surface area contributed by atoms with Gasteiger partial charge in [-0.2, -0.15) is 13.2 Å². The van der Waals surface area contributed by atoms with Crippen LogP contribution in [0.15, 0.2) is 53.5 Å². The van der Waals surface area contributed by atoms with Crippen molar-refractivity contribution in [3.63, 3.8) is 0 Å². The van der Waals surface area contributed by atoms with E-state index in [4.69, 9.17) is 4.74 Å². The smallest absolute Gasteiger partial charge is 0.426 e. The quantitative estimate of drug-likeness (QED) is 0.321. The van der Waals surface area contributed by atoms with E-state index < -0.39 is 28.4 Å². The second-order valence-electron chi connectivity index (χ2n) is 7.06. The maximum atomic E-state index is 13.1. The van der Waals surface area contributed by atoms with E-state index in [1.165, 1.54) is 36.4 Å². The van der Waals surface area contributed by atoms with E-state index in [1.54, 1.807) is 20.8 Å². The summed E-state index contributed by atoms with van der Waals surface area (Å²) in [7, 11) is 0. The minimum atomic E-state index is -4.58. The maximum Gasteiger partial charge on any atom is 0.426 e. The summed E-state index contributed by atoms with van der Waals surface area (Å²) in [6.07, 6.45) is -5.45. The number of nitro groups is 1.